The van der Waals surface area contributed by atoms with Crippen LogP contribution in [0.4, 0.5) is 5.69 Å². The van der Waals surface area contributed by atoms with Crippen LogP contribution in [0.1, 0.15) is 26.2 Å². The van der Waals surface area contributed by atoms with Gasteiger partial charge in [-0.3, -0.25) is 4.98 Å². The maximum atomic E-state index is 6.20. The Kier molecular flexibility index (Phi) is 4.08. The molecule has 1 aliphatic rings. The van der Waals surface area contributed by atoms with Crippen LogP contribution < -0.4 is 10.6 Å². The van der Waals surface area contributed by atoms with Crippen molar-refractivity contribution in [3.8, 4) is 0 Å². The first-order valence-electron chi connectivity index (χ1n) is 7.26. The highest BCUT2D eigenvalue weighted by molar-refractivity contribution is 6.31. The van der Waals surface area contributed by atoms with Gasteiger partial charge in [0.05, 0.1) is 11.2 Å². The molecule has 2 atom stereocenters. The maximum Gasteiger partial charge on any atom is 0.0934 e. The van der Waals surface area contributed by atoms with Crippen LogP contribution in [0.25, 0.3) is 10.9 Å². The average molecular weight is 290 g/mol. The second-order valence-electron chi connectivity index (χ2n) is 5.60. The SMILES string of the molecule is CC(CC1CCCN1)Nc1cc(Cl)cc2cccnc12. The summed E-state index contributed by atoms with van der Waals surface area (Å²) in [5.41, 5.74) is 2.02. The van der Waals surface area contributed by atoms with Gasteiger partial charge < -0.3 is 10.6 Å². The van der Waals surface area contributed by atoms with E-state index in [2.05, 4.69) is 22.5 Å². The predicted molar refractivity (Wildman–Crippen MR) is 85.5 cm³/mol. The fraction of sp³-hybridized carbons (Fsp3) is 0.438. The number of pyridine rings is 1. The standard InChI is InChI=1S/C16H20ClN3/c1-11(8-14-5-3-6-18-14)20-15-10-13(17)9-12-4-2-7-19-16(12)15/h2,4,7,9-11,14,18,20H,3,5-6,8H2,1H3. The second kappa shape index (κ2) is 5.98. The zero-order valence-corrected chi connectivity index (χ0v) is 12.5. The highest BCUT2D eigenvalue weighted by Gasteiger charge is 2.17. The molecule has 2 N–H and O–H groups in total. The van der Waals surface area contributed by atoms with Crippen LogP contribution in [0.5, 0.6) is 0 Å². The van der Waals surface area contributed by atoms with E-state index >= 15 is 0 Å². The van der Waals surface area contributed by atoms with Gasteiger partial charge in [-0.1, -0.05) is 17.7 Å². The molecular weight excluding hydrogens is 270 g/mol. The molecule has 0 amide bonds. The minimum Gasteiger partial charge on any atom is -0.381 e. The van der Waals surface area contributed by atoms with Crippen LogP contribution in [0.3, 0.4) is 0 Å². The molecule has 2 heterocycles. The number of aromatic nitrogens is 1. The Hall–Kier alpha value is -1.32. The lowest BCUT2D eigenvalue weighted by Crippen LogP contribution is -2.29. The third kappa shape index (κ3) is 3.05. The molecule has 1 saturated heterocycles. The van der Waals surface area contributed by atoms with E-state index in [4.69, 9.17) is 11.6 Å². The van der Waals surface area contributed by atoms with E-state index in [9.17, 15) is 0 Å². The Morgan fingerprint density at radius 1 is 1.50 bits per heavy atom. The van der Waals surface area contributed by atoms with Crippen molar-refractivity contribution < 1.29 is 0 Å². The van der Waals surface area contributed by atoms with Crippen molar-refractivity contribution in [2.45, 2.75) is 38.3 Å². The molecule has 3 nitrogen and oxygen atoms in total. The molecule has 3 rings (SSSR count). The van der Waals surface area contributed by atoms with E-state index < -0.39 is 0 Å². The zero-order chi connectivity index (χ0) is 13.9. The van der Waals surface area contributed by atoms with Crippen LogP contribution in [-0.4, -0.2) is 23.6 Å². The Morgan fingerprint density at radius 3 is 3.20 bits per heavy atom. The molecule has 0 bridgehead atoms. The Bertz CT molecular complexity index is 593. The van der Waals surface area contributed by atoms with Crippen molar-refractivity contribution >= 4 is 28.2 Å². The van der Waals surface area contributed by atoms with Gasteiger partial charge in [-0.15, -0.1) is 0 Å². The normalized spacial score (nSPS) is 20.2. The van der Waals surface area contributed by atoms with Gasteiger partial charge in [0.15, 0.2) is 0 Å². The van der Waals surface area contributed by atoms with E-state index in [1.165, 1.54) is 12.8 Å². The van der Waals surface area contributed by atoms with Gasteiger partial charge >= 0.3 is 0 Å². The minimum absolute atomic E-state index is 0.397. The number of nitrogens with one attached hydrogen (secondary N) is 2. The summed E-state index contributed by atoms with van der Waals surface area (Å²) in [5.74, 6) is 0. The van der Waals surface area contributed by atoms with Gasteiger partial charge in [0, 0.05) is 28.7 Å². The van der Waals surface area contributed by atoms with Crippen molar-refractivity contribution in [2.75, 3.05) is 11.9 Å². The highest BCUT2D eigenvalue weighted by Crippen LogP contribution is 2.27. The molecule has 4 heteroatoms. The minimum atomic E-state index is 0.397. The number of hydrogen-bond donors (Lipinski definition) is 2. The van der Waals surface area contributed by atoms with E-state index in [0.717, 1.165) is 34.6 Å². The summed E-state index contributed by atoms with van der Waals surface area (Å²) in [6.45, 7) is 3.37. The molecule has 106 valence electrons. The summed E-state index contributed by atoms with van der Waals surface area (Å²) in [6.07, 6.45) is 5.52. The summed E-state index contributed by atoms with van der Waals surface area (Å²) < 4.78 is 0. The zero-order valence-electron chi connectivity index (χ0n) is 11.7. The summed E-state index contributed by atoms with van der Waals surface area (Å²) >= 11 is 6.20. The topological polar surface area (TPSA) is 37.0 Å². The molecule has 1 aromatic heterocycles. The van der Waals surface area contributed by atoms with Crippen molar-refractivity contribution in [1.29, 1.82) is 0 Å². The Morgan fingerprint density at radius 2 is 2.40 bits per heavy atom. The van der Waals surface area contributed by atoms with Gasteiger partial charge in [-0.25, -0.2) is 0 Å². The van der Waals surface area contributed by atoms with E-state index in [1.54, 1.807) is 0 Å². The first-order chi connectivity index (χ1) is 9.72. The lowest BCUT2D eigenvalue weighted by molar-refractivity contribution is 0.523. The van der Waals surface area contributed by atoms with Crippen molar-refractivity contribution in [2.24, 2.45) is 0 Å². The summed E-state index contributed by atoms with van der Waals surface area (Å²) in [6, 6.07) is 8.94. The molecule has 1 fully saturated rings. The Labute approximate surface area is 124 Å². The molecule has 0 spiro atoms. The molecule has 0 saturated carbocycles. The van der Waals surface area contributed by atoms with Crippen LogP contribution in [0, 0.1) is 0 Å². The van der Waals surface area contributed by atoms with Gasteiger partial charge in [-0.05, 0) is 50.9 Å². The fourth-order valence-electron chi connectivity index (χ4n) is 2.97. The Balaban J connectivity index is 1.79. The number of benzene rings is 1. The number of nitrogens with zero attached hydrogens (tertiary/aromatic N) is 1. The van der Waals surface area contributed by atoms with Gasteiger partial charge in [0.2, 0.25) is 0 Å². The molecule has 2 aromatic rings. The fourth-order valence-corrected chi connectivity index (χ4v) is 3.20. The summed E-state index contributed by atoms with van der Waals surface area (Å²) in [7, 11) is 0. The van der Waals surface area contributed by atoms with Crippen molar-refractivity contribution in [1.82, 2.24) is 10.3 Å². The average Bonchev–Trinajstić information content (AvgIpc) is 2.91. The first-order valence-corrected chi connectivity index (χ1v) is 7.64. The van der Waals surface area contributed by atoms with Crippen LogP contribution in [-0.2, 0) is 0 Å². The summed E-state index contributed by atoms with van der Waals surface area (Å²) in [5, 5.41) is 8.93. The first kappa shape index (κ1) is 13.7. The lowest BCUT2D eigenvalue weighted by Gasteiger charge is -2.20. The van der Waals surface area contributed by atoms with Gasteiger partial charge in [-0.2, -0.15) is 0 Å². The molecule has 2 unspecified atom stereocenters. The third-order valence-corrected chi connectivity index (χ3v) is 4.09. The van der Waals surface area contributed by atoms with Crippen LogP contribution >= 0.6 is 11.6 Å². The molecule has 1 aliphatic heterocycles. The number of rotatable bonds is 4. The predicted octanol–water partition coefficient (Wildman–Crippen LogP) is 3.83. The van der Waals surface area contributed by atoms with Crippen LogP contribution in [0.2, 0.25) is 5.02 Å². The summed E-state index contributed by atoms with van der Waals surface area (Å²) in [4.78, 5) is 4.47. The van der Waals surface area contributed by atoms with Crippen molar-refractivity contribution in [3.05, 3.63) is 35.5 Å². The molecular formula is C16H20ClN3. The smallest absolute Gasteiger partial charge is 0.0934 e. The van der Waals surface area contributed by atoms with E-state index in [-0.39, 0.29) is 0 Å². The van der Waals surface area contributed by atoms with Gasteiger partial charge in [0.25, 0.3) is 0 Å². The quantitative estimate of drug-likeness (QED) is 0.898. The molecule has 1 aromatic carbocycles. The molecule has 20 heavy (non-hydrogen) atoms. The van der Waals surface area contributed by atoms with Crippen molar-refractivity contribution in [3.63, 3.8) is 0 Å². The number of fused-ring (bicyclic) bond motifs is 1. The monoisotopic (exact) mass is 289 g/mol. The maximum absolute atomic E-state index is 6.20. The van der Waals surface area contributed by atoms with Crippen LogP contribution in [0.15, 0.2) is 30.5 Å². The van der Waals surface area contributed by atoms with E-state index in [0.29, 0.717) is 12.1 Å². The number of hydrogen-bond acceptors (Lipinski definition) is 3. The largest absolute Gasteiger partial charge is 0.381 e. The molecule has 0 radical (unpaired) electrons. The second-order valence-corrected chi connectivity index (χ2v) is 6.04. The van der Waals surface area contributed by atoms with Gasteiger partial charge in [0.1, 0.15) is 0 Å². The number of anilines is 1. The number of halogens is 1. The third-order valence-electron chi connectivity index (χ3n) is 3.87. The highest BCUT2D eigenvalue weighted by atomic mass is 35.5. The van der Waals surface area contributed by atoms with E-state index in [1.807, 2.05) is 30.5 Å². The molecule has 0 aliphatic carbocycles. The lowest BCUT2D eigenvalue weighted by atomic mass is 10.1.